The molecule has 1 rings (SSSR count). The smallest absolute Gasteiger partial charge is 0.252 e. The van der Waals surface area contributed by atoms with E-state index in [9.17, 15) is 9.59 Å². The number of primary amides is 1. The number of hydrogen-bond donors (Lipinski definition) is 3. The summed E-state index contributed by atoms with van der Waals surface area (Å²) in [6.07, 6.45) is 0. The zero-order valence-corrected chi connectivity index (χ0v) is 11.9. The minimum atomic E-state index is -1.09. The molecule has 0 heterocycles. The number of rotatable bonds is 3. The van der Waals surface area contributed by atoms with Gasteiger partial charge in [0.1, 0.15) is 5.54 Å². The summed E-state index contributed by atoms with van der Waals surface area (Å²) in [5.41, 5.74) is 11.6. The molecule has 0 saturated heterocycles. The molecule has 0 aromatic heterocycles. The maximum Gasteiger partial charge on any atom is 0.252 e. The van der Waals surface area contributed by atoms with Crippen molar-refractivity contribution in [3.05, 3.63) is 34.9 Å². The van der Waals surface area contributed by atoms with E-state index in [0.717, 1.165) is 11.1 Å². The summed E-state index contributed by atoms with van der Waals surface area (Å²) in [7, 11) is 0. The largest absolute Gasteiger partial charge is 0.368 e. The molecule has 1 aromatic carbocycles. The van der Waals surface area contributed by atoms with Crippen LogP contribution in [0.25, 0.3) is 0 Å². The number of carbonyl (C=O) groups excluding carboxylic acids is 2. The molecular weight excluding hydrogens is 254 g/mol. The average molecular weight is 273 g/mol. The average Bonchev–Trinajstić information content (AvgIpc) is 2.36. The lowest BCUT2D eigenvalue weighted by atomic mass is 10.0. The fourth-order valence-corrected chi connectivity index (χ4v) is 1.51. The van der Waals surface area contributed by atoms with E-state index in [4.69, 9.17) is 11.5 Å². The summed E-state index contributed by atoms with van der Waals surface area (Å²) in [6.45, 7) is 5.26. The van der Waals surface area contributed by atoms with Crippen molar-refractivity contribution >= 4 is 11.8 Å². The van der Waals surface area contributed by atoms with Crippen molar-refractivity contribution in [2.45, 2.75) is 26.3 Å². The summed E-state index contributed by atoms with van der Waals surface area (Å²) in [4.78, 5) is 23.3. The van der Waals surface area contributed by atoms with E-state index in [1.54, 1.807) is 32.0 Å². The molecule has 0 saturated carbocycles. The zero-order chi connectivity index (χ0) is 15.3. The van der Waals surface area contributed by atoms with Gasteiger partial charge in [0, 0.05) is 11.1 Å². The van der Waals surface area contributed by atoms with Crippen molar-refractivity contribution in [1.82, 2.24) is 5.32 Å². The molecule has 0 fully saturated rings. The fraction of sp³-hybridized carbons (Fsp3) is 0.333. The third-order valence-corrected chi connectivity index (χ3v) is 2.86. The number of benzene rings is 1. The summed E-state index contributed by atoms with van der Waals surface area (Å²) < 4.78 is 0. The Hall–Kier alpha value is -2.32. The fourth-order valence-electron chi connectivity index (χ4n) is 1.51. The Morgan fingerprint density at radius 1 is 1.35 bits per heavy atom. The number of nitrogens with one attached hydrogen (secondary N) is 1. The molecular formula is C15H19N3O2. The number of amides is 2. The molecule has 20 heavy (non-hydrogen) atoms. The van der Waals surface area contributed by atoms with Crippen LogP contribution in [0.2, 0.25) is 0 Å². The molecule has 1 aromatic rings. The first kappa shape index (κ1) is 15.7. The van der Waals surface area contributed by atoms with Crippen LogP contribution in [0.15, 0.2) is 18.2 Å². The molecule has 0 atom stereocenters. The van der Waals surface area contributed by atoms with Crippen molar-refractivity contribution in [2.24, 2.45) is 11.5 Å². The summed E-state index contributed by atoms with van der Waals surface area (Å²) in [6, 6.07) is 5.12. The molecule has 5 heteroatoms. The minimum absolute atomic E-state index is 0.286. The molecule has 0 aliphatic rings. The second-order valence-corrected chi connectivity index (χ2v) is 4.98. The highest BCUT2D eigenvalue weighted by Gasteiger charge is 2.27. The van der Waals surface area contributed by atoms with Crippen molar-refractivity contribution in [2.75, 3.05) is 6.54 Å². The Morgan fingerprint density at radius 2 is 2.00 bits per heavy atom. The van der Waals surface area contributed by atoms with E-state index < -0.39 is 11.4 Å². The van der Waals surface area contributed by atoms with Crippen LogP contribution >= 0.6 is 0 Å². The van der Waals surface area contributed by atoms with Gasteiger partial charge in [0.05, 0.1) is 6.54 Å². The zero-order valence-electron chi connectivity index (χ0n) is 11.9. The first-order valence-corrected chi connectivity index (χ1v) is 6.20. The maximum absolute atomic E-state index is 12.1. The van der Waals surface area contributed by atoms with Crippen LogP contribution in [-0.4, -0.2) is 23.9 Å². The van der Waals surface area contributed by atoms with Gasteiger partial charge in [-0.2, -0.15) is 0 Å². The lowest BCUT2D eigenvalue weighted by Crippen LogP contribution is -2.53. The lowest BCUT2D eigenvalue weighted by molar-refractivity contribution is -0.122. The first-order chi connectivity index (χ1) is 9.27. The Labute approximate surface area is 118 Å². The number of carbonyl (C=O) groups is 2. The van der Waals surface area contributed by atoms with E-state index in [2.05, 4.69) is 17.2 Å². The highest BCUT2D eigenvalue weighted by Crippen LogP contribution is 2.11. The van der Waals surface area contributed by atoms with Crippen molar-refractivity contribution in [3.8, 4) is 11.8 Å². The van der Waals surface area contributed by atoms with Crippen LogP contribution in [-0.2, 0) is 4.79 Å². The molecule has 0 aliphatic heterocycles. The summed E-state index contributed by atoms with van der Waals surface area (Å²) in [5.74, 6) is 4.75. The third kappa shape index (κ3) is 3.84. The summed E-state index contributed by atoms with van der Waals surface area (Å²) in [5, 5.41) is 2.59. The molecule has 5 N–H and O–H groups in total. The molecule has 0 spiro atoms. The standard InChI is InChI=1S/C15H19N3O2/c1-10-9-12(7-6-11(10)5-4-8-16)13(19)18-15(2,3)14(17)20/h6-7,9H,8,16H2,1-3H3,(H2,17,20)(H,18,19). The third-order valence-electron chi connectivity index (χ3n) is 2.86. The Kier molecular flexibility index (Phi) is 4.89. The Balaban J connectivity index is 2.96. The van der Waals surface area contributed by atoms with Crippen LogP contribution < -0.4 is 16.8 Å². The van der Waals surface area contributed by atoms with E-state index in [0.29, 0.717) is 5.56 Å². The molecule has 0 radical (unpaired) electrons. The van der Waals surface area contributed by atoms with Crippen LogP contribution in [0.3, 0.4) is 0 Å². The van der Waals surface area contributed by atoms with Gasteiger partial charge in [-0.15, -0.1) is 0 Å². The van der Waals surface area contributed by atoms with Gasteiger partial charge in [0.25, 0.3) is 5.91 Å². The highest BCUT2D eigenvalue weighted by atomic mass is 16.2. The van der Waals surface area contributed by atoms with Crippen molar-refractivity contribution in [3.63, 3.8) is 0 Å². The molecule has 0 bridgehead atoms. The molecule has 106 valence electrons. The van der Waals surface area contributed by atoms with Gasteiger partial charge in [-0.1, -0.05) is 11.8 Å². The Bertz CT molecular complexity index is 595. The predicted octanol–water partition coefficient (Wildman–Crippen LogP) is 0.299. The van der Waals surface area contributed by atoms with Gasteiger partial charge in [-0.25, -0.2) is 0 Å². The molecule has 5 nitrogen and oxygen atoms in total. The monoisotopic (exact) mass is 273 g/mol. The second-order valence-electron chi connectivity index (χ2n) is 4.98. The van der Waals surface area contributed by atoms with E-state index in [1.807, 2.05) is 6.92 Å². The number of hydrogen-bond acceptors (Lipinski definition) is 3. The van der Waals surface area contributed by atoms with Gasteiger partial charge in [0.15, 0.2) is 0 Å². The number of aryl methyl sites for hydroxylation is 1. The normalized spacial score (nSPS) is 10.4. The van der Waals surface area contributed by atoms with Gasteiger partial charge in [0.2, 0.25) is 5.91 Å². The van der Waals surface area contributed by atoms with Crippen molar-refractivity contribution in [1.29, 1.82) is 0 Å². The second kappa shape index (κ2) is 6.22. The van der Waals surface area contributed by atoms with Gasteiger partial charge in [-0.3, -0.25) is 9.59 Å². The van der Waals surface area contributed by atoms with Crippen LogP contribution in [0.5, 0.6) is 0 Å². The molecule has 0 unspecified atom stereocenters. The molecule has 0 aliphatic carbocycles. The van der Waals surface area contributed by atoms with Crippen LogP contribution in [0.1, 0.15) is 35.3 Å². The van der Waals surface area contributed by atoms with E-state index in [-0.39, 0.29) is 12.5 Å². The van der Waals surface area contributed by atoms with Gasteiger partial charge >= 0.3 is 0 Å². The predicted molar refractivity (Wildman–Crippen MR) is 77.9 cm³/mol. The maximum atomic E-state index is 12.1. The van der Waals surface area contributed by atoms with Crippen LogP contribution in [0.4, 0.5) is 0 Å². The number of nitrogens with two attached hydrogens (primary N) is 2. The quantitative estimate of drug-likeness (QED) is 0.691. The highest BCUT2D eigenvalue weighted by molar-refractivity contribution is 5.98. The van der Waals surface area contributed by atoms with Crippen LogP contribution in [0, 0.1) is 18.8 Å². The molecule has 2 amide bonds. The van der Waals surface area contributed by atoms with E-state index in [1.165, 1.54) is 0 Å². The van der Waals surface area contributed by atoms with E-state index >= 15 is 0 Å². The summed E-state index contributed by atoms with van der Waals surface area (Å²) >= 11 is 0. The lowest BCUT2D eigenvalue weighted by Gasteiger charge is -2.22. The van der Waals surface area contributed by atoms with Gasteiger partial charge in [-0.05, 0) is 44.5 Å². The van der Waals surface area contributed by atoms with Crippen molar-refractivity contribution < 1.29 is 9.59 Å². The topological polar surface area (TPSA) is 98.2 Å². The SMILES string of the molecule is Cc1cc(C(=O)NC(C)(C)C(N)=O)ccc1C#CCN. The van der Waals surface area contributed by atoms with Gasteiger partial charge < -0.3 is 16.8 Å². The Morgan fingerprint density at radius 3 is 2.50 bits per heavy atom. The first-order valence-electron chi connectivity index (χ1n) is 6.20. The minimum Gasteiger partial charge on any atom is -0.368 e.